The van der Waals surface area contributed by atoms with Gasteiger partial charge in [0.1, 0.15) is 0 Å². The van der Waals surface area contributed by atoms with E-state index < -0.39 is 0 Å². The van der Waals surface area contributed by atoms with Crippen molar-refractivity contribution in [3.05, 3.63) is 11.8 Å². The Morgan fingerprint density at radius 3 is 3.00 bits per heavy atom. The first-order valence-electron chi connectivity index (χ1n) is 7.99. The van der Waals surface area contributed by atoms with Gasteiger partial charge < -0.3 is 14.4 Å². The van der Waals surface area contributed by atoms with Crippen molar-refractivity contribution < 1.29 is 9.52 Å². The quantitative estimate of drug-likeness (QED) is 0.887. The lowest BCUT2D eigenvalue weighted by Gasteiger charge is -2.24. The van der Waals surface area contributed by atoms with Crippen molar-refractivity contribution in [3.63, 3.8) is 0 Å². The van der Waals surface area contributed by atoms with E-state index in [1.54, 1.807) is 0 Å². The standard InChI is InChI=1S/C15H23N3O2/c19-8-2-7-18-9-12-3-1-6-15(12,10-18)14-17-16-13(20-14)11-4-5-11/h11-12,19H,1-10H2/t12-,15-/m0/s1. The highest BCUT2D eigenvalue weighted by Crippen LogP contribution is 2.51. The summed E-state index contributed by atoms with van der Waals surface area (Å²) in [4.78, 5) is 2.47. The first kappa shape index (κ1) is 12.8. The van der Waals surface area contributed by atoms with Crippen LogP contribution in [0.3, 0.4) is 0 Å². The molecule has 4 rings (SSSR count). The average Bonchev–Trinajstić information content (AvgIpc) is 2.89. The van der Waals surface area contributed by atoms with Gasteiger partial charge in [-0.3, -0.25) is 0 Å². The Morgan fingerprint density at radius 2 is 2.20 bits per heavy atom. The summed E-state index contributed by atoms with van der Waals surface area (Å²) in [6.07, 6.45) is 7.01. The average molecular weight is 277 g/mol. The lowest BCUT2D eigenvalue weighted by Crippen LogP contribution is -2.32. The van der Waals surface area contributed by atoms with Gasteiger partial charge in [-0.1, -0.05) is 6.42 Å². The molecule has 0 amide bonds. The fourth-order valence-electron chi connectivity index (χ4n) is 4.14. The summed E-state index contributed by atoms with van der Waals surface area (Å²) >= 11 is 0. The summed E-state index contributed by atoms with van der Waals surface area (Å²) in [7, 11) is 0. The van der Waals surface area contributed by atoms with Crippen LogP contribution in [0.5, 0.6) is 0 Å². The normalized spacial score (nSPS) is 33.8. The van der Waals surface area contributed by atoms with E-state index in [4.69, 9.17) is 9.52 Å². The highest BCUT2D eigenvalue weighted by atomic mass is 16.4. The second-order valence-electron chi connectivity index (χ2n) is 6.78. The first-order valence-corrected chi connectivity index (χ1v) is 7.99. The van der Waals surface area contributed by atoms with E-state index >= 15 is 0 Å². The van der Waals surface area contributed by atoms with Gasteiger partial charge in [-0.25, -0.2) is 0 Å². The highest BCUT2D eigenvalue weighted by Gasteiger charge is 2.54. The van der Waals surface area contributed by atoms with Crippen molar-refractivity contribution in [1.29, 1.82) is 0 Å². The topological polar surface area (TPSA) is 62.4 Å². The number of hydrogen-bond acceptors (Lipinski definition) is 5. The summed E-state index contributed by atoms with van der Waals surface area (Å²) in [5.41, 5.74) is 0.107. The van der Waals surface area contributed by atoms with Gasteiger partial charge in [0.15, 0.2) is 0 Å². The van der Waals surface area contributed by atoms with E-state index in [0.29, 0.717) is 11.8 Å². The zero-order valence-corrected chi connectivity index (χ0v) is 11.9. The predicted molar refractivity (Wildman–Crippen MR) is 73.4 cm³/mol. The van der Waals surface area contributed by atoms with Crippen LogP contribution < -0.4 is 0 Å². The molecular weight excluding hydrogens is 254 g/mol. The van der Waals surface area contributed by atoms with Crippen molar-refractivity contribution in [3.8, 4) is 0 Å². The summed E-state index contributed by atoms with van der Waals surface area (Å²) in [5, 5.41) is 17.7. The van der Waals surface area contributed by atoms with Gasteiger partial charge in [0.05, 0.1) is 5.41 Å². The first-order chi connectivity index (χ1) is 9.82. The molecule has 0 spiro atoms. The molecule has 3 fully saturated rings. The van der Waals surface area contributed by atoms with Gasteiger partial charge in [0.2, 0.25) is 11.8 Å². The molecule has 2 atom stereocenters. The molecule has 3 aliphatic rings. The Hall–Kier alpha value is -0.940. The van der Waals surface area contributed by atoms with E-state index in [9.17, 15) is 0 Å². The van der Waals surface area contributed by atoms with Crippen molar-refractivity contribution in [2.24, 2.45) is 5.92 Å². The maximum atomic E-state index is 9.01. The van der Waals surface area contributed by atoms with Gasteiger partial charge in [0.25, 0.3) is 0 Å². The molecule has 1 saturated heterocycles. The number of hydrogen-bond donors (Lipinski definition) is 1. The van der Waals surface area contributed by atoms with Crippen LogP contribution in [0.25, 0.3) is 0 Å². The maximum Gasteiger partial charge on any atom is 0.224 e. The second-order valence-corrected chi connectivity index (χ2v) is 6.78. The lowest BCUT2D eigenvalue weighted by atomic mass is 9.80. The van der Waals surface area contributed by atoms with Crippen LogP contribution in [-0.4, -0.2) is 46.4 Å². The van der Waals surface area contributed by atoms with Crippen LogP contribution in [0.15, 0.2) is 4.42 Å². The molecule has 0 aromatic carbocycles. The van der Waals surface area contributed by atoms with Crippen LogP contribution in [0.2, 0.25) is 0 Å². The smallest absolute Gasteiger partial charge is 0.224 e. The van der Waals surface area contributed by atoms with E-state index in [0.717, 1.165) is 37.8 Å². The summed E-state index contributed by atoms with van der Waals surface area (Å²) in [6.45, 7) is 3.42. The fraction of sp³-hybridized carbons (Fsp3) is 0.867. The highest BCUT2D eigenvalue weighted by molar-refractivity contribution is 5.17. The molecule has 1 N–H and O–H groups in total. The third-order valence-corrected chi connectivity index (χ3v) is 5.37. The number of nitrogens with zero attached hydrogens (tertiary/aromatic N) is 3. The molecule has 2 saturated carbocycles. The Balaban J connectivity index is 1.56. The van der Waals surface area contributed by atoms with Gasteiger partial charge in [-0.15, -0.1) is 10.2 Å². The SMILES string of the molecule is OCCCN1C[C@@H]2CCC[C@]2(c2nnc(C3CC3)o2)C1. The molecule has 20 heavy (non-hydrogen) atoms. The third-order valence-electron chi connectivity index (χ3n) is 5.37. The minimum atomic E-state index is 0.107. The molecule has 5 nitrogen and oxygen atoms in total. The minimum absolute atomic E-state index is 0.107. The molecule has 5 heteroatoms. The van der Waals surface area contributed by atoms with E-state index in [1.807, 2.05) is 0 Å². The summed E-state index contributed by atoms with van der Waals surface area (Å²) in [6, 6.07) is 0. The molecule has 1 aromatic heterocycles. The van der Waals surface area contributed by atoms with Crippen molar-refractivity contribution in [2.45, 2.75) is 49.9 Å². The van der Waals surface area contributed by atoms with E-state index in [1.165, 1.54) is 32.1 Å². The third kappa shape index (κ3) is 1.99. The van der Waals surface area contributed by atoms with Crippen molar-refractivity contribution in [1.82, 2.24) is 15.1 Å². The number of aliphatic hydroxyl groups excluding tert-OH is 1. The molecule has 110 valence electrons. The van der Waals surface area contributed by atoms with Crippen molar-refractivity contribution >= 4 is 0 Å². The second kappa shape index (κ2) is 4.81. The molecule has 0 unspecified atom stereocenters. The van der Waals surface area contributed by atoms with Gasteiger partial charge in [-0.05, 0) is 38.0 Å². The number of aliphatic hydroxyl groups is 1. The number of fused-ring (bicyclic) bond motifs is 1. The molecular formula is C15H23N3O2. The number of aromatic nitrogens is 2. The van der Waals surface area contributed by atoms with Crippen LogP contribution in [0.1, 0.15) is 56.2 Å². The van der Waals surface area contributed by atoms with Gasteiger partial charge in [-0.2, -0.15) is 0 Å². The summed E-state index contributed by atoms with van der Waals surface area (Å²) < 4.78 is 6.05. The monoisotopic (exact) mass is 277 g/mol. The fourth-order valence-corrected chi connectivity index (χ4v) is 4.14. The Kier molecular flexibility index (Phi) is 3.07. The Morgan fingerprint density at radius 1 is 1.30 bits per heavy atom. The van der Waals surface area contributed by atoms with Gasteiger partial charge >= 0.3 is 0 Å². The van der Waals surface area contributed by atoms with E-state index in [-0.39, 0.29) is 12.0 Å². The van der Waals surface area contributed by atoms with Crippen LogP contribution in [0, 0.1) is 5.92 Å². The zero-order chi connectivity index (χ0) is 13.6. The van der Waals surface area contributed by atoms with Crippen LogP contribution in [0.4, 0.5) is 0 Å². The Bertz CT molecular complexity index is 485. The summed E-state index contributed by atoms with van der Waals surface area (Å²) in [5.74, 6) is 2.97. The number of likely N-dealkylation sites (tertiary alicyclic amines) is 1. The van der Waals surface area contributed by atoms with Gasteiger partial charge in [0, 0.05) is 32.2 Å². The van der Waals surface area contributed by atoms with Crippen molar-refractivity contribution in [2.75, 3.05) is 26.2 Å². The van der Waals surface area contributed by atoms with Crippen LogP contribution >= 0.6 is 0 Å². The molecule has 1 aliphatic heterocycles. The molecule has 2 heterocycles. The molecule has 2 aliphatic carbocycles. The number of rotatable bonds is 5. The Labute approximate surface area is 119 Å². The largest absolute Gasteiger partial charge is 0.424 e. The van der Waals surface area contributed by atoms with E-state index in [2.05, 4.69) is 15.1 Å². The molecule has 0 bridgehead atoms. The van der Waals surface area contributed by atoms with Crippen LogP contribution in [-0.2, 0) is 5.41 Å². The molecule has 0 radical (unpaired) electrons. The maximum absolute atomic E-state index is 9.01. The predicted octanol–water partition coefficient (Wildman–Crippen LogP) is 1.68. The zero-order valence-electron chi connectivity index (χ0n) is 11.9. The minimum Gasteiger partial charge on any atom is -0.424 e. The lowest BCUT2D eigenvalue weighted by molar-refractivity contribution is 0.231. The molecule has 1 aromatic rings.